The largest absolute Gasteiger partial charge is 0.524 e. The Balaban J connectivity index is 0.903. The van der Waals surface area contributed by atoms with Crippen molar-refractivity contribution >= 4 is 37.5 Å². The molecule has 2 aromatic rings. The Hall–Kier alpha value is -5.21. The van der Waals surface area contributed by atoms with Crippen molar-refractivity contribution in [1.29, 1.82) is 0 Å². The lowest BCUT2D eigenvalue weighted by atomic mass is 9.47. The van der Waals surface area contributed by atoms with Crippen molar-refractivity contribution < 1.29 is 66.9 Å². The van der Waals surface area contributed by atoms with E-state index in [4.69, 9.17) is 9.47 Å². The molecule has 2 heterocycles. The Bertz CT molecular complexity index is 2660. The highest BCUT2D eigenvalue weighted by atomic mass is 31.2. The minimum atomic E-state index is -4.86. The number of unbranched alkanes of at least 4 members (excludes halogenated alkanes) is 1. The molecule has 7 rings (SSSR count). The van der Waals surface area contributed by atoms with Crippen LogP contribution in [0.2, 0.25) is 0 Å². The average molecular weight is 1100 g/mol. The van der Waals surface area contributed by atoms with Gasteiger partial charge in [-0.3, -0.25) is 38.5 Å². The molecule has 77 heavy (non-hydrogen) atoms. The number of fused-ring (bicyclic) bond motifs is 5. The molecule has 0 spiro atoms. The van der Waals surface area contributed by atoms with Crippen LogP contribution in [-0.2, 0) is 39.6 Å². The number of aliphatic hydroxyl groups excluding tert-OH is 1. The lowest BCUT2D eigenvalue weighted by Gasteiger charge is -2.58. The number of amides is 3. The van der Waals surface area contributed by atoms with E-state index in [0.29, 0.717) is 47.8 Å². The number of alkyl carbamates (subject to hydrolysis) is 1. The molecule has 3 amide bonds. The van der Waals surface area contributed by atoms with Crippen molar-refractivity contribution in [2.75, 3.05) is 6.54 Å². The number of carboxylic acid groups (broad SMARTS) is 1. The first-order valence-electron chi connectivity index (χ1n) is 27.5. The fraction of sp³-hybridized carbons (Fsp3) is 0.691. The number of allylic oxidation sites excluding steroid dienone is 1. The molecular weight excluding hydrogens is 1020 g/mol. The number of benzene rings is 1. The number of carbonyl (C=O) groups is 5. The van der Waals surface area contributed by atoms with Crippen LogP contribution in [0, 0.1) is 52.2 Å². The van der Waals surface area contributed by atoms with Crippen molar-refractivity contribution in [1.82, 2.24) is 25.5 Å². The van der Waals surface area contributed by atoms with Gasteiger partial charge in [0.25, 0.3) is 5.56 Å². The zero-order valence-corrected chi connectivity index (χ0v) is 45.8. The fourth-order valence-electron chi connectivity index (χ4n) is 13.8. The summed E-state index contributed by atoms with van der Waals surface area (Å²) in [5.41, 5.74) is -0.0851. The number of rotatable bonds is 24. The van der Waals surface area contributed by atoms with Gasteiger partial charge in [-0.05, 0) is 128 Å². The number of phosphoric acid groups is 1. The molecule has 5 aliphatic rings. The molecular formula is C55H79FN5O15P. The van der Waals surface area contributed by atoms with Gasteiger partial charge in [-0.2, -0.15) is 4.39 Å². The number of aliphatic hydroxyl groups is 1. The molecule has 1 aliphatic heterocycles. The van der Waals surface area contributed by atoms with Gasteiger partial charge in [0.05, 0.1) is 12.3 Å². The summed E-state index contributed by atoms with van der Waals surface area (Å²) in [6.45, 7) is 12.2. The number of aromatic amines is 1. The number of Topliss-reactive ketones (excluding diaryl/α,β-unsaturated/α-hetero) is 1. The van der Waals surface area contributed by atoms with E-state index < -0.39 is 91.2 Å². The Morgan fingerprint density at radius 2 is 1.66 bits per heavy atom. The maximum atomic E-state index is 14.0. The van der Waals surface area contributed by atoms with Crippen LogP contribution in [0.5, 0.6) is 5.75 Å². The van der Waals surface area contributed by atoms with Gasteiger partial charge in [0.15, 0.2) is 5.78 Å². The summed E-state index contributed by atoms with van der Waals surface area (Å²) in [4.78, 5) is 109. The van der Waals surface area contributed by atoms with E-state index in [-0.39, 0.29) is 62.7 Å². The number of ether oxygens (including phenoxy) is 2. The molecule has 8 N–H and O–H groups in total. The summed E-state index contributed by atoms with van der Waals surface area (Å²) in [5.74, 6) is -0.606. The van der Waals surface area contributed by atoms with Gasteiger partial charge in [-0.1, -0.05) is 77.7 Å². The Kier molecular flexibility index (Phi) is 19.5. The second-order valence-electron chi connectivity index (χ2n) is 23.4. The SMILES string of the molecule is CC(C)CCCC(C)C1CC[C@H]2C3CC=C4CC(OC(=O)NC(Cc5ccc(OP(=O)(O)O)cc5)C(=O)N[C@H](CCCCNC(=O)CCC(=O)C5OC(n6cc(F)c(=O)[nH]c6=O)CC5O)C(=O)O)CCC4(C)[C@H]3CCC12C. The molecule has 13 atom stereocenters. The van der Waals surface area contributed by atoms with Crippen molar-refractivity contribution in [3.8, 4) is 5.75 Å². The van der Waals surface area contributed by atoms with Crippen LogP contribution in [0.3, 0.4) is 0 Å². The van der Waals surface area contributed by atoms with Gasteiger partial charge in [-0.15, -0.1) is 0 Å². The summed E-state index contributed by atoms with van der Waals surface area (Å²) in [7, 11) is -4.86. The minimum absolute atomic E-state index is 0.00396. The molecule has 1 saturated heterocycles. The third-order valence-corrected chi connectivity index (χ3v) is 18.3. The van der Waals surface area contributed by atoms with Crippen LogP contribution >= 0.6 is 7.82 Å². The first kappa shape index (κ1) is 59.5. The van der Waals surface area contributed by atoms with Crippen molar-refractivity contribution in [2.24, 2.45) is 46.3 Å². The first-order chi connectivity index (χ1) is 36.3. The van der Waals surface area contributed by atoms with Crippen molar-refractivity contribution in [3.63, 3.8) is 0 Å². The van der Waals surface area contributed by atoms with E-state index in [2.05, 4.69) is 61.2 Å². The Morgan fingerprint density at radius 1 is 0.922 bits per heavy atom. The molecule has 22 heteroatoms. The molecule has 20 nitrogen and oxygen atoms in total. The highest BCUT2D eigenvalue weighted by Crippen LogP contribution is 2.67. The van der Waals surface area contributed by atoms with E-state index in [0.717, 1.165) is 35.2 Å². The van der Waals surface area contributed by atoms with Gasteiger partial charge in [0, 0.05) is 38.6 Å². The van der Waals surface area contributed by atoms with Crippen LogP contribution in [0.15, 0.2) is 51.7 Å². The topological polar surface area (TPSA) is 302 Å². The highest BCUT2D eigenvalue weighted by Gasteiger charge is 2.59. The molecule has 1 aromatic heterocycles. The van der Waals surface area contributed by atoms with E-state index in [1.807, 2.05) is 0 Å². The third kappa shape index (κ3) is 14.7. The second kappa shape index (κ2) is 25.3. The average Bonchev–Trinajstić information content (AvgIpc) is 4.03. The van der Waals surface area contributed by atoms with Gasteiger partial charge in [0.2, 0.25) is 17.6 Å². The number of ketones is 1. The number of carbonyl (C=O) groups excluding carboxylic acids is 4. The monoisotopic (exact) mass is 1100 g/mol. The number of phosphoric ester groups is 1. The lowest BCUT2D eigenvalue weighted by molar-refractivity contribution is -0.142. The third-order valence-electron chi connectivity index (χ3n) is 17.8. The normalized spacial score (nSPS) is 28.9. The molecule has 3 saturated carbocycles. The summed E-state index contributed by atoms with van der Waals surface area (Å²) < 4.78 is 42.2. The maximum Gasteiger partial charge on any atom is 0.524 e. The number of hydrogen-bond donors (Lipinski definition) is 8. The summed E-state index contributed by atoms with van der Waals surface area (Å²) in [6, 6.07) is 2.78. The zero-order chi connectivity index (χ0) is 56.0. The van der Waals surface area contributed by atoms with E-state index in [1.165, 1.54) is 74.8 Å². The van der Waals surface area contributed by atoms with Crippen molar-refractivity contribution in [2.45, 2.75) is 187 Å². The second-order valence-corrected chi connectivity index (χ2v) is 24.5. The summed E-state index contributed by atoms with van der Waals surface area (Å²) >= 11 is 0. The number of halogens is 1. The fourth-order valence-corrected chi connectivity index (χ4v) is 14.2. The zero-order valence-electron chi connectivity index (χ0n) is 44.9. The molecule has 426 valence electrons. The number of aliphatic carboxylic acids is 1. The quantitative estimate of drug-likeness (QED) is 0.0306. The highest BCUT2D eigenvalue weighted by molar-refractivity contribution is 7.46. The molecule has 0 radical (unpaired) electrons. The van der Waals surface area contributed by atoms with Gasteiger partial charge >= 0.3 is 25.6 Å². The van der Waals surface area contributed by atoms with Gasteiger partial charge in [0.1, 0.15) is 36.3 Å². The van der Waals surface area contributed by atoms with Crippen LogP contribution in [0.4, 0.5) is 9.18 Å². The number of nitrogens with one attached hydrogen (secondary N) is 4. The first-order valence-corrected chi connectivity index (χ1v) is 29.1. The maximum absolute atomic E-state index is 14.0. The lowest BCUT2D eigenvalue weighted by Crippen LogP contribution is -2.53. The van der Waals surface area contributed by atoms with Gasteiger partial charge < -0.3 is 40.2 Å². The van der Waals surface area contributed by atoms with Crippen LogP contribution in [0.25, 0.3) is 0 Å². The van der Waals surface area contributed by atoms with E-state index in [9.17, 15) is 62.5 Å². The molecule has 0 bridgehead atoms. The molecule has 1 aromatic carbocycles. The number of aromatic nitrogens is 2. The Labute approximate surface area is 448 Å². The molecule has 4 fully saturated rings. The van der Waals surface area contributed by atoms with Crippen LogP contribution in [0.1, 0.15) is 156 Å². The van der Waals surface area contributed by atoms with Crippen LogP contribution < -0.4 is 31.7 Å². The standard InChI is InChI=1S/C55H79FN5O15P/c1-31(2)9-8-10-32(3)38-18-19-39-37-17-14-34-28-36(22-24-54(34,4)40(37)23-25-55(38,39)5)74-53(70)59-43(27-33-12-15-35(16-13-33)76-77(71,72)73)50(66)58-42(51(67)68)11-6-7-26-57-46(64)21-20-44(62)48-45(63)29-47(75-48)61-30-41(56)49(65)60-52(61)69/h12-16,30-32,36-40,42-43,45,47-48,63H,6-11,17-29H2,1-5H3,(H,57,64)(H,58,66)(H,59,70)(H,67,68)(H,60,65,69)(H2,71,72,73)/t32?,36?,37?,38?,39-,40-,42+,43?,45?,47?,48?,54?,55?/m0/s1. The van der Waals surface area contributed by atoms with E-state index >= 15 is 0 Å². The summed E-state index contributed by atoms with van der Waals surface area (Å²) in [6.07, 6.45) is 9.21. The molecule has 4 aliphatic carbocycles. The van der Waals surface area contributed by atoms with Gasteiger partial charge in [-0.25, -0.2) is 18.9 Å². The number of nitrogens with zero attached hydrogens (tertiary/aromatic N) is 1. The predicted octanol–water partition coefficient (Wildman–Crippen LogP) is 6.75. The number of H-pyrrole nitrogens is 1. The predicted molar refractivity (Wildman–Crippen MR) is 280 cm³/mol. The molecule has 10 unspecified atom stereocenters. The summed E-state index contributed by atoms with van der Waals surface area (Å²) in [5, 5.41) is 28.4. The van der Waals surface area contributed by atoms with E-state index in [1.54, 1.807) is 4.98 Å². The Morgan fingerprint density at radius 3 is 2.36 bits per heavy atom. The van der Waals surface area contributed by atoms with Crippen molar-refractivity contribution in [3.05, 3.63) is 74.3 Å². The number of hydrogen-bond acceptors (Lipinski definition) is 12. The minimum Gasteiger partial charge on any atom is -0.480 e. The smallest absolute Gasteiger partial charge is 0.480 e. The number of carboxylic acids is 1. The van der Waals surface area contributed by atoms with Crippen LogP contribution in [-0.4, -0.2) is 96.2 Å².